The topological polar surface area (TPSA) is 92.4 Å². The van der Waals surface area contributed by atoms with E-state index >= 15 is 0 Å². The molecule has 0 aliphatic carbocycles. The molecule has 1 atom stereocenters. The van der Waals surface area contributed by atoms with Gasteiger partial charge in [-0.25, -0.2) is 4.79 Å². The highest BCUT2D eigenvalue weighted by molar-refractivity contribution is 5.73. The van der Waals surface area contributed by atoms with Crippen LogP contribution in [0.3, 0.4) is 0 Å². The summed E-state index contributed by atoms with van der Waals surface area (Å²) in [7, 11) is 0. The van der Waals surface area contributed by atoms with Gasteiger partial charge in [0.2, 0.25) is 0 Å². The van der Waals surface area contributed by atoms with Gasteiger partial charge in [0.15, 0.2) is 0 Å². The van der Waals surface area contributed by atoms with Gasteiger partial charge in [0.1, 0.15) is 0 Å². The first-order valence-corrected chi connectivity index (χ1v) is 4.19. The van der Waals surface area contributed by atoms with E-state index in [9.17, 15) is 9.59 Å². The van der Waals surface area contributed by atoms with Crippen molar-refractivity contribution in [1.29, 1.82) is 0 Å². The van der Waals surface area contributed by atoms with Crippen molar-refractivity contribution in [2.45, 2.75) is 32.7 Å². The molecule has 2 amide bonds. The minimum atomic E-state index is -0.931. The summed E-state index contributed by atoms with van der Waals surface area (Å²) >= 11 is 0. The van der Waals surface area contributed by atoms with Gasteiger partial charge in [0.25, 0.3) is 0 Å². The zero-order valence-electron chi connectivity index (χ0n) is 7.91. The van der Waals surface area contributed by atoms with Crippen LogP contribution in [0.1, 0.15) is 26.7 Å². The fraction of sp³-hybridized carbons (Fsp3) is 0.750. The first-order valence-electron chi connectivity index (χ1n) is 4.19. The molecule has 0 aliphatic rings. The maximum absolute atomic E-state index is 10.5. The van der Waals surface area contributed by atoms with Crippen LogP contribution in [-0.2, 0) is 4.79 Å². The van der Waals surface area contributed by atoms with Crippen LogP contribution >= 0.6 is 0 Å². The van der Waals surface area contributed by atoms with E-state index in [0.29, 0.717) is 12.3 Å². The number of amides is 2. The van der Waals surface area contributed by atoms with Crippen LogP contribution in [0.4, 0.5) is 4.79 Å². The lowest BCUT2D eigenvalue weighted by Crippen LogP contribution is -2.40. The average molecular weight is 188 g/mol. The number of carboxylic acids is 1. The summed E-state index contributed by atoms with van der Waals surface area (Å²) in [5.41, 5.74) is 4.90. The number of nitrogens with one attached hydrogen (secondary N) is 1. The monoisotopic (exact) mass is 188 g/mol. The summed E-state index contributed by atoms with van der Waals surface area (Å²) in [6, 6.07) is -1.04. The molecule has 0 aromatic rings. The van der Waals surface area contributed by atoms with Crippen molar-refractivity contribution in [2.24, 2.45) is 11.7 Å². The number of primary amides is 1. The molecule has 0 fully saturated rings. The molecule has 0 bridgehead atoms. The highest BCUT2D eigenvalue weighted by Crippen LogP contribution is 2.07. The molecule has 5 nitrogen and oxygen atoms in total. The quantitative estimate of drug-likeness (QED) is 0.588. The molecule has 0 heterocycles. The molecule has 0 unspecified atom stereocenters. The van der Waals surface area contributed by atoms with Crippen molar-refractivity contribution in [3.8, 4) is 0 Å². The fourth-order valence-electron chi connectivity index (χ4n) is 1.17. The molecule has 0 aromatic carbocycles. The molecular weight excluding hydrogens is 172 g/mol. The summed E-state index contributed by atoms with van der Waals surface area (Å²) in [4.78, 5) is 20.9. The molecule has 0 saturated carbocycles. The summed E-state index contributed by atoms with van der Waals surface area (Å²) < 4.78 is 0. The van der Waals surface area contributed by atoms with Crippen LogP contribution in [0, 0.1) is 5.92 Å². The normalized spacial score (nSPS) is 12.5. The van der Waals surface area contributed by atoms with Gasteiger partial charge >= 0.3 is 12.0 Å². The number of carbonyl (C=O) groups is 2. The molecule has 0 aromatic heterocycles. The van der Waals surface area contributed by atoms with Crippen molar-refractivity contribution in [3.05, 3.63) is 0 Å². The third-order valence-corrected chi connectivity index (χ3v) is 1.52. The fourth-order valence-corrected chi connectivity index (χ4v) is 1.17. The predicted molar refractivity (Wildman–Crippen MR) is 48.2 cm³/mol. The van der Waals surface area contributed by atoms with E-state index in [-0.39, 0.29) is 12.5 Å². The summed E-state index contributed by atoms with van der Waals surface area (Å²) in [6.45, 7) is 3.91. The standard InChI is InChI=1S/C8H16N2O3/c1-5(2)3-6(4-7(11)12)10-8(9)13/h5-6H,3-4H2,1-2H3,(H,11,12)(H3,9,10,13)/t6-/m0/s1. The number of aliphatic carboxylic acids is 1. The third-order valence-electron chi connectivity index (χ3n) is 1.52. The Bertz CT molecular complexity index is 176. The molecule has 13 heavy (non-hydrogen) atoms. The number of rotatable bonds is 5. The van der Waals surface area contributed by atoms with Crippen molar-refractivity contribution < 1.29 is 14.7 Å². The van der Waals surface area contributed by atoms with Crippen LogP contribution in [-0.4, -0.2) is 23.1 Å². The van der Waals surface area contributed by atoms with Crippen molar-refractivity contribution in [2.75, 3.05) is 0 Å². The maximum atomic E-state index is 10.5. The smallest absolute Gasteiger partial charge is 0.312 e. The Morgan fingerprint density at radius 3 is 2.31 bits per heavy atom. The molecule has 0 spiro atoms. The Kier molecular flexibility index (Phi) is 4.87. The molecule has 0 aliphatic heterocycles. The van der Waals surface area contributed by atoms with Gasteiger partial charge < -0.3 is 16.2 Å². The largest absolute Gasteiger partial charge is 0.481 e. The van der Waals surface area contributed by atoms with Crippen molar-refractivity contribution in [1.82, 2.24) is 5.32 Å². The van der Waals surface area contributed by atoms with E-state index in [4.69, 9.17) is 10.8 Å². The van der Waals surface area contributed by atoms with E-state index in [2.05, 4.69) is 5.32 Å². The third kappa shape index (κ3) is 7.11. The number of carboxylic acid groups (broad SMARTS) is 1. The van der Waals surface area contributed by atoms with E-state index < -0.39 is 12.0 Å². The minimum absolute atomic E-state index is 0.0822. The number of hydrogen-bond donors (Lipinski definition) is 3. The summed E-state index contributed by atoms with van der Waals surface area (Å²) in [6.07, 6.45) is 0.538. The van der Waals surface area contributed by atoms with Gasteiger partial charge in [-0.15, -0.1) is 0 Å². The van der Waals surface area contributed by atoms with Gasteiger partial charge in [-0.3, -0.25) is 4.79 Å². The van der Waals surface area contributed by atoms with E-state index in [1.807, 2.05) is 13.8 Å². The Labute approximate surface area is 77.3 Å². The number of hydrogen-bond acceptors (Lipinski definition) is 2. The highest BCUT2D eigenvalue weighted by Gasteiger charge is 2.15. The number of carbonyl (C=O) groups excluding carboxylic acids is 1. The molecule has 76 valence electrons. The van der Waals surface area contributed by atoms with Crippen LogP contribution in [0.25, 0.3) is 0 Å². The Balaban J connectivity index is 4.02. The molecule has 0 saturated heterocycles. The Hall–Kier alpha value is -1.26. The number of urea groups is 1. The molecule has 0 rings (SSSR count). The predicted octanol–water partition coefficient (Wildman–Crippen LogP) is 0.544. The number of nitrogens with two attached hydrogens (primary N) is 1. The zero-order chi connectivity index (χ0) is 10.4. The van der Waals surface area contributed by atoms with Gasteiger partial charge in [-0.05, 0) is 12.3 Å². The van der Waals surface area contributed by atoms with Crippen molar-refractivity contribution in [3.63, 3.8) is 0 Å². The summed E-state index contributed by atoms with van der Waals surface area (Å²) in [5.74, 6) is -0.601. The molecule has 4 N–H and O–H groups in total. The lowest BCUT2D eigenvalue weighted by atomic mass is 10.0. The maximum Gasteiger partial charge on any atom is 0.312 e. The second-order valence-corrected chi connectivity index (χ2v) is 3.43. The van der Waals surface area contributed by atoms with Crippen LogP contribution < -0.4 is 11.1 Å². The first-order chi connectivity index (χ1) is 5.91. The van der Waals surface area contributed by atoms with Gasteiger partial charge in [0, 0.05) is 6.04 Å². The second kappa shape index (κ2) is 5.40. The van der Waals surface area contributed by atoms with E-state index in [1.54, 1.807) is 0 Å². The Morgan fingerprint density at radius 2 is 2.00 bits per heavy atom. The zero-order valence-corrected chi connectivity index (χ0v) is 7.91. The minimum Gasteiger partial charge on any atom is -0.481 e. The van der Waals surface area contributed by atoms with Crippen molar-refractivity contribution >= 4 is 12.0 Å². The van der Waals surface area contributed by atoms with Crippen LogP contribution in [0.15, 0.2) is 0 Å². The Morgan fingerprint density at radius 1 is 1.46 bits per heavy atom. The second-order valence-electron chi connectivity index (χ2n) is 3.43. The lowest BCUT2D eigenvalue weighted by molar-refractivity contribution is -0.137. The SMILES string of the molecule is CC(C)C[C@@H](CC(=O)O)NC(N)=O. The van der Waals surface area contributed by atoms with Gasteiger partial charge in [-0.2, -0.15) is 0 Å². The van der Waals surface area contributed by atoms with Gasteiger partial charge in [0.05, 0.1) is 6.42 Å². The van der Waals surface area contributed by atoms with E-state index in [1.165, 1.54) is 0 Å². The average Bonchev–Trinajstić information content (AvgIpc) is 1.80. The summed E-state index contributed by atoms with van der Waals surface area (Å²) in [5, 5.41) is 10.9. The molecule has 5 heteroatoms. The lowest BCUT2D eigenvalue weighted by Gasteiger charge is -2.17. The van der Waals surface area contributed by atoms with Gasteiger partial charge in [-0.1, -0.05) is 13.8 Å². The van der Waals surface area contributed by atoms with Crippen LogP contribution in [0.5, 0.6) is 0 Å². The molecule has 0 radical (unpaired) electrons. The van der Waals surface area contributed by atoms with E-state index in [0.717, 1.165) is 0 Å². The van der Waals surface area contributed by atoms with Crippen LogP contribution in [0.2, 0.25) is 0 Å². The molecular formula is C8H16N2O3. The highest BCUT2D eigenvalue weighted by atomic mass is 16.4. The first kappa shape index (κ1) is 11.7.